The summed E-state index contributed by atoms with van der Waals surface area (Å²) in [5.41, 5.74) is 1.18. The van der Waals surface area contributed by atoms with Crippen molar-refractivity contribution in [3.8, 4) is 0 Å². The summed E-state index contributed by atoms with van der Waals surface area (Å²) in [5, 5.41) is 19.9. The number of carbonyl (C=O) groups is 1. The third-order valence-corrected chi connectivity index (χ3v) is 3.45. The first-order chi connectivity index (χ1) is 10.5. The second-order valence-electron chi connectivity index (χ2n) is 5.18. The predicted octanol–water partition coefficient (Wildman–Crippen LogP) is 2.97. The Morgan fingerprint density at radius 3 is 2.77 bits per heavy atom. The van der Waals surface area contributed by atoms with E-state index in [-0.39, 0.29) is 12.6 Å². The summed E-state index contributed by atoms with van der Waals surface area (Å²) >= 11 is 6.00. The highest BCUT2D eigenvalue weighted by Crippen LogP contribution is 2.21. The zero-order chi connectivity index (χ0) is 16.1. The topological polar surface area (TPSA) is 79.2 Å². The van der Waals surface area contributed by atoms with Gasteiger partial charge in [0.15, 0.2) is 0 Å². The van der Waals surface area contributed by atoms with Gasteiger partial charge in [-0.2, -0.15) is 5.10 Å². The molecule has 0 aliphatic heterocycles. The number of carbonyl (C=O) groups excluding carboxylic acids is 1. The average Bonchev–Trinajstić information content (AvgIpc) is 2.94. The number of hydrogen-bond acceptors (Lipinski definition) is 3. The number of benzene rings is 1. The Kier molecular flexibility index (Phi) is 5.41. The fourth-order valence-electron chi connectivity index (χ4n) is 1.90. The second kappa shape index (κ2) is 7.29. The van der Waals surface area contributed by atoms with Gasteiger partial charge >= 0.3 is 6.03 Å². The van der Waals surface area contributed by atoms with E-state index in [9.17, 15) is 9.90 Å². The maximum atomic E-state index is 11.8. The lowest BCUT2D eigenvalue weighted by Gasteiger charge is -2.13. The van der Waals surface area contributed by atoms with E-state index in [0.29, 0.717) is 16.3 Å². The lowest BCUT2D eigenvalue weighted by atomic mass is 10.1. The molecule has 7 heteroatoms. The van der Waals surface area contributed by atoms with Gasteiger partial charge < -0.3 is 15.7 Å². The van der Waals surface area contributed by atoms with Crippen molar-refractivity contribution in [3.63, 3.8) is 0 Å². The van der Waals surface area contributed by atoms with E-state index >= 15 is 0 Å². The lowest BCUT2D eigenvalue weighted by Crippen LogP contribution is -2.32. The summed E-state index contributed by atoms with van der Waals surface area (Å²) in [6.45, 7) is 4.06. The summed E-state index contributed by atoms with van der Waals surface area (Å²) in [4.78, 5) is 11.8. The maximum absolute atomic E-state index is 11.8. The van der Waals surface area contributed by atoms with Crippen LogP contribution in [0.25, 0.3) is 0 Å². The zero-order valence-electron chi connectivity index (χ0n) is 12.5. The molecule has 6 nitrogen and oxygen atoms in total. The molecular formula is C15H19ClN4O2. The van der Waals surface area contributed by atoms with E-state index in [1.54, 1.807) is 41.3 Å². The van der Waals surface area contributed by atoms with Crippen molar-refractivity contribution in [1.29, 1.82) is 0 Å². The van der Waals surface area contributed by atoms with Crippen LogP contribution in [0, 0.1) is 0 Å². The van der Waals surface area contributed by atoms with Crippen LogP contribution in [0.15, 0.2) is 36.7 Å². The van der Waals surface area contributed by atoms with Crippen LogP contribution < -0.4 is 10.6 Å². The lowest BCUT2D eigenvalue weighted by molar-refractivity contribution is 0.175. The Bertz CT molecular complexity index is 642. The number of nitrogens with one attached hydrogen (secondary N) is 2. The minimum absolute atomic E-state index is 0.0634. The number of nitrogens with zero attached hydrogens (tertiary/aromatic N) is 2. The molecule has 2 amide bonds. The van der Waals surface area contributed by atoms with E-state index in [1.165, 1.54) is 0 Å². The molecule has 3 N–H and O–H groups in total. The average molecular weight is 323 g/mol. The standard InChI is InChI=1S/C15H19ClN4O2/c1-10(2)20-9-11(7-18-20)19-15(22)17-8-14(21)12-5-3-4-6-13(12)16/h3-7,9-10,14,21H,8H2,1-2H3,(H2,17,19,22). The quantitative estimate of drug-likeness (QED) is 0.791. The molecule has 1 aromatic carbocycles. The van der Waals surface area contributed by atoms with E-state index in [0.717, 1.165) is 0 Å². The molecule has 2 aromatic rings. The first kappa shape index (κ1) is 16.3. The largest absolute Gasteiger partial charge is 0.387 e. The fraction of sp³-hybridized carbons (Fsp3) is 0.333. The van der Waals surface area contributed by atoms with Crippen LogP contribution >= 0.6 is 11.6 Å². The minimum atomic E-state index is -0.863. The predicted molar refractivity (Wildman–Crippen MR) is 86.0 cm³/mol. The normalized spacial score (nSPS) is 12.2. The van der Waals surface area contributed by atoms with Gasteiger partial charge in [-0.3, -0.25) is 4.68 Å². The molecule has 1 unspecified atom stereocenters. The Balaban J connectivity index is 1.86. The molecule has 1 atom stereocenters. The number of anilines is 1. The van der Waals surface area contributed by atoms with Gasteiger partial charge in [-0.1, -0.05) is 29.8 Å². The number of rotatable bonds is 5. The summed E-state index contributed by atoms with van der Waals surface area (Å²) in [6.07, 6.45) is 2.46. The van der Waals surface area contributed by atoms with E-state index < -0.39 is 12.1 Å². The first-order valence-corrected chi connectivity index (χ1v) is 7.36. The smallest absolute Gasteiger partial charge is 0.319 e. The molecule has 0 aliphatic carbocycles. The van der Waals surface area contributed by atoms with Crippen molar-refractivity contribution in [1.82, 2.24) is 15.1 Å². The number of aliphatic hydroxyl groups is 1. The van der Waals surface area contributed by atoms with Crippen LogP contribution in [0.3, 0.4) is 0 Å². The highest BCUT2D eigenvalue weighted by molar-refractivity contribution is 6.31. The molecule has 118 valence electrons. The third kappa shape index (κ3) is 4.22. The van der Waals surface area contributed by atoms with Crippen molar-refractivity contribution in [2.75, 3.05) is 11.9 Å². The summed E-state index contributed by atoms with van der Waals surface area (Å²) in [7, 11) is 0. The molecule has 0 saturated carbocycles. The number of hydrogen-bond donors (Lipinski definition) is 3. The summed E-state index contributed by atoms with van der Waals surface area (Å²) < 4.78 is 1.74. The van der Waals surface area contributed by atoms with E-state index in [4.69, 9.17) is 11.6 Å². The SMILES string of the molecule is CC(C)n1cc(NC(=O)NCC(O)c2ccccc2Cl)cn1. The molecule has 0 saturated heterocycles. The molecule has 0 fully saturated rings. The van der Waals surface area contributed by atoms with Gasteiger partial charge in [0.05, 0.1) is 18.0 Å². The van der Waals surface area contributed by atoms with Crippen molar-refractivity contribution < 1.29 is 9.90 Å². The van der Waals surface area contributed by atoms with Crippen LogP contribution in [0.4, 0.5) is 10.5 Å². The first-order valence-electron chi connectivity index (χ1n) is 6.99. The van der Waals surface area contributed by atoms with Crippen molar-refractivity contribution in [2.45, 2.75) is 26.0 Å². The van der Waals surface area contributed by atoms with Gasteiger partial charge in [-0.25, -0.2) is 4.79 Å². The maximum Gasteiger partial charge on any atom is 0.319 e. The third-order valence-electron chi connectivity index (χ3n) is 3.11. The van der Waals surface area contributed by atoms with Gasteiger partial charge in [0.25, 0.3) is 0 Å². The number of halogens is 1. The molecular weight excluding hydrogens is 304 g/mol. The molecule has 1 heterocycles. The molecule has 0 bridgehead atoms. The number of amides is 2. The van der Waals surface area contributed by atoms with E-state index in [1.807, 2.05) is 13.8 Å². The molecule has 1 aromatic heterocycles. The highest BCUT2D eigenvalue weighted by Gasteiger charge is 2.13. The van der Waals surface area contributed by atoms with E-state index in [2.05, 4.69) is 15.7 Å². The molecule has 0 radical (unpaired) electrons. The molecule has 22 heavy (non-hydrogen) atoms. The van der Waals surface area contributed by atoms with Crippen LogP contribution in [-0.2, 0) is 0 Å². The van der Waals surface area contributed by atoms with Gasteiger partial charge in [0.1, 0.15) is 0 Å². The highest BCUT2D eigenvalue weighted by atomic mass is 35.5. The van der Waals surface area contributed by atoms with Gasteiger partial charge in [-0.15, -0.1) is 0 Å². The number of urea groups is 1. The Hall–Kier alpha value is -2.05. The Labute approximate surface area is 134 Å². The fourth-order valence-corrected chi connectivity index (χ4v) is 2.17. The Morgan fingerprint density at radius 1 is 1.41 bits per heavy atom. The van der Waals surface area contributed by atoms with Crippen LogP contribution in [-0.4, -0.2) is 27.5 Å². The zero-order valence-corrected chi connectivity index (χ0v) is 13.2. The van der Waals surface area contributed by atoms with Crippen molar-refractivity contribution in [2.24, 2.45) is 0 Å². The molecule has 0 aliphatic rings. The molecule has 2 rings (SSSR count). The minimum Gasteiger partial charge on any atom is -0.387 e. The van der Waals surface area contributed by atoms with Crippen molar-refractivity contribution in [3.05, 3.63) is 47.2 Å². The second-order valence-corrected chi connectivity index (χ2v) is 5.58. The summed E-state index contributed by atoms with van der Waals surface area (Å²) in [5.74, 6) is 0. The van der Waals surface area contributed by atoms with Crippen molar-refractivity contribution >= 4 is 23.3 Å². The number of aliphatic hydroxyl groups excluding tert-OH is 1. The van der Waals surface area contributed by atoms with Gasteiger partial charge in [0.2, 0.25) is 0 Å². The van der Waals surface area contributed by atoms with Gasteiger partial charge in [-0.05, 0) is 19.9 Å². The van der Waals surface area contributed by atoms with Crippen LogP contribution in [0.1, 0.15) is 31.6 Å². The number of aromatic nitrogens is 2. The van der Waals surface area contributed by atoms with Crippen LogP contribution in [0.5, 0.6) is 0 Å². The molecule has 0 spiro atoms. The summed E-state index contributed by atoms with van der Waals surface area (Å²) in [6, 6.07) is 6.80. The van der Waals surface area contributed by atoms with Crippen LogP contribution in [0.2, 0.25) is 5.02 Å². The Morgan fingerprint density at radius 2 is 2.14 bits per heavy atom. The van der Waals surface area contributed by atoms with Gasteiger partial charge in [0, 0.05) is 29.4 Å². The monoisotopic (exact) mass is 322 g/mol.